The number of benzene rings is 1. The number of amides is 1. The Labute approximate surface area is 183 Å². The third-order valence-electron chi connectivity index (χ3n) is 5.10. The fourth-order valence-electron chi connectivity index (χ4n) is 3.41. The molecule has 0 radical (unpaired) electrons. The zero-order valence-electron chi connectivity index (χ0n) is 19.7. The lowest BCUT2D eigenvalue weighted by molar-refractivity contribution is -0.114. The largest absolute Gasteiger partial charge is 0.491 e. The van der Waals surface area contributed by atoms with Crippen molar-refractivity contribution in [3.8, 4) is 17.2 Å². The minimum Gasteiger partial charge on any atom is -0.491 e. The summed E-state index contributed by atoms with van der Waals surface area (Å²) in [6.45, 7) is 7.20. The Morgan fingerprint density at radius 1 is 0.767 bits per heavy atom. The molecule has 1 aromatic carbocycles. The number of unbranched alkanes of at least 4 members (excludes halogenated alkanes) is 10. The lowest BCUT2D eigenvalue weighted by Gasteiger charge is -2.18. The molecular formula is C25H43NO4. The highest BCUT2D eigenvalue weighted by Gasteiger charge is 2.18. The van der Waals surface area contributed by atoms with Crippen molar-refractivity contribution in [2.45, 2.75) is 97.8 Å². The molecular weight excluding hydrogens is 378 g/mol. The summed E-state index contributed by atoms with van der Waals surface area (Å²) in [4.78, 5) is 11.7. The second-order valence-electron chi connectivity index (χ2n) is 7.88. The molecule has 1 amide bonds. The summed E-state index contributed by atoms with van der Waals surface area (Å²) in [6, 6.07) is 3.74. The number of hydrogen-bond donors (Lipinski definition) is 1. The van der Waals surface area contributed by atoms with Gasteiger partial charge in [0.2, 0.25) is 5.91 Å². The number of rotatable bonds is 18. The Morgan fingerprint density at radius 2 is 1.23 bits per heavy atom. The van der Waals surface area contributed by atoms with E-state index >= 15 is 0 Å². The van der Waals surface area contributed by atoms with E-state index < -0.39 is 0 Å². The Morgan fingerprint density at radius 3 is 1.73 bits per heavy atom. The molecule has 0 bridgehead atoms. The van der Waals surface area contributed by atoms with Gasteiger partial charge in [0.15, 0.2) is 11.5 Å². The van der Waals surface area contributed by atoms with Crippen molar-refractivity contribution in [2.24, 2.45) is 0 Å². The van der Waals surface area contributed by atoms with Crippen molar-refractivity contribution in [1.82, 2.24) is 0 Å². The molecule has 30 heavy (non-hydrogen) atoms. The van der Waals surface area contributed by atoms with Gasteiger partial charge in [-0.2, -0.15) is 0 Å². The van der Waals surface area contributed by atoms with Gasteiger partial charge in [-0.15, -0.1) is 0 Å². The molecule has 0 heterocycles. The monoisotopic (exact) mass is 421 g/mol. The van der Waals surface area contributed by atoms with Gasteiger partial charge in [0, 0.05) is 6.92 Å². The molecule has 5 heteroatoms. The van der Waals surface area contributed by atoms with Crippen LogP contribution in [0.15, 0.2) is 12.1 Å². The Hall–Kier alpha value is -1.91. The first-order valence-electron chi connectivity index (χ1n) is 11.9. The van der Waals surface area contributed by atoms with Crippen LogP contribution in [0.1, 0.15) is 97.8 Å². The van der Waals surface area contributed by atoms with E-state index in [1.165, 1.54) is 64.7 Å². The van der Waals surface area contributed by atoms with Gasteiger partial charge in [-0.1, -0.05) is 78.1 Å². The summed E-state index contributed by atoms with van der Waals surface area (Å²) in [5.41, 5.74) is 0.552. The Kier molecular flexibility index (Phi) is 14.7. The summed E-state index contributed by atoms with van der Waals surface area (Å²) >= 11 is 0. The molecule has 1 rings (SSSR count). The topological polar surface area (TPSA) is 56.8 Å². The molecule has 1 N–H and O–H groups in total. The molecule has 0 saturated carbocycles. The van der Waals surface area contributed by atoms with Crippen LogP contribution in [0.2, 0.25) is 0 Å². The van der Waals surface area contributed by atoms with Gasteiger partial charge < -0.3 is 19.5 Å². The highest BCUT2D eigenvalue weighted by Crippen LogP contribution is 2.42. The molecule has 0 atom stereocenters. The van der Waals surface area contributed by atoms with Gasteiger partial charge in [-0.05, 0) is 25.0 Å². The van der Waals surface area contributed by atoms with Crippen LogP contribution >= 0.6 is 0 Å². The van der Waals surface area contributed by atoms with E-state index in [0.29, 0.717) is 36.1 Å². The third-order valence-corrected chi connectivity index (χ3v) is 5.10. The van der Waals surface area contributed by atoms with Crippen LogP contribution in [-0.4, -0.2) is 26.2 Å². The van der Waals surface area contributed by atoms with E-state index in [0.717, 1.165) is 19.3 Å². The average molecular weight is 422 g/mol. The van der Waals surface area contributed by atoms with Gasteiger partial charge in [0.05, 0.1) is 20.3 Å². The van der Waals surface area contributed by atoms with Crippen LogP contribution < -0.4 is 19.5 Å². The summed E-state index contributed by atoms with van der Waals surface area (Å²) in [5.74, 6) is 1.63. The third kappa shape index (κ3) is 10.7. The molecule has 1 aromatic rings. The first-order valence-corrected chi connectivity index (χ1v) is 11.9. The summed E-state index contributed by atoms with van der Waals surface area (Å²) in [5, 5.41) is 2.86. The lowest BCUT2D eigenvalue weighted by Crippen LogP contribution is -2.11. The fraction of sp³-hybridized carbons (Fsp3) is 0.720. The van der Waals surface area contributed by atoms with Gasteiger partial charge in [0.1, 0.15) is 11.4 Å². The zero-order chi connectivity index (χ0) is 22.0. The van der Waals surface area contributed by atoms with Gasteiger partial charge in [-0.3, -0.25) is 4.79 Å². The number of carbonyl (C=O) groups is 1. The molecule has 172 valence electrons. The number of carbonyl (C=O) groups excluding carboxylic acids is 1. The minimum atomic E-state index is -0.161. The number of nitrogens with one attached hydrogen (secondary N) is 1. The molecule has 0 saturated heterocycles. The van der Waals surface area contributed by atoms with E-state index in [-0.39, 0.29) is 5.91 Å². The normalized spacial score (nSPS) is 10.7. The van der Waals surface area contributed by atoms with Gasteiger partial charge in [-0.25, -0.2) is 0 Å². The second kappa shape index (κ2) is 16.8. The van der Waals surface area contributed by atoms with Gasteiger partial charge in [0.25, 0.3) is 0 Å². The van der Waals surface area contributed by atoms with Crippen LogP contribution in [0.3, 0.4) is 0 Å². The van der Waals surface area contributed by atoms with E-state index in [1.807, 2.05) is 12.1 Å². The van der Waals surface area contributed by atoms with Crippen molar-refractivity contribution < 1.29 is 19.0 Å². The minimum absolute atomic E-state index is 0.161. The van der Waals surface area contributed by atoms with Crippen molar-refractivity contribution in [2.75, 3.05) is 25.6 Å². The van der Waals surface area contributed by atoms with Crippen LogP contribution in [0.25, 0.3) is 0 Å². The van der Waals surface area contributed by atoms with Crippen molar-refractivity contribution in [3.63, 3.8) is 0 Å². The number of hydrogen-bond acceptors (Lipinski definition) is 4. The van der Waals surface area contributed by atoms with E-state index in [2.05, 4.69) is 19.2 Å². The molecule has 0 aromatic heterocycles. The standard InChI is InChI=1S/C25H43NO4/c1-5-7-9-11-13-15-19-29-22-17-18-23(25(28-4)24(22)26-21(3)27)30-20-16-14-12-10-8-6-2/h17-18H,5-16,19-20H2,1-4H3,(H,26,27). The van der Waals surface area contributed by atoms with Crippen molar-refractivity contribution >= 4 is 11.6 Å². The number of ether oxygens (including phenoxy) is 3. The Bertz CT molecular complexity index is 589. The highest BCUT2D eigenvalue weighted by atomic mass is 16.5. The van der Waals surface area contributed by atoms with Crippen LogP contribution in [-0.2, 0) is 4.79 Å². The number of anilines is 1. The van der Waals surface area contributed by atoms with Crippen LogP contribution in [0.4, 0.5) is 5.69 Å². The first-order chi connectivity index (χ1) is 14.6. The predicted octanol–water partition coefficient (Wildman–Crippen LogP) is 7.13. The predicted molar refractivity (Wildman–Crippen MR) is 125 cm³/mol. The van der Waals surface area contributed by atoms with Gasteiger partial charge >= 0.3 is 0 Å². The molecule has 0 spiro atoms. The summed E-state index contributed by atoms with van der Waals surface area (Å²) < 4.78 is 17.5. The summed E-state index contributed by atoms with van der Waals surface area (Å²) in [6.07, 6.45) is 14.5. The second-order valence-corrected chi connectivity index (χ2v) is 7.88. The molecule has 0 aliphatic rings. The molecule has 0 fully saturated rings. The maximum atomic E-state index is 11.7. The maximum Gasteiger partial charge on any atom is 0.221 e. The first kappa shape index (κ1) is 26.1. The maximum absolute atomic E-state index is 11.7. The highest BCUT2D eigenvalue weighted by molar-refractivity contribution is 5.93. The Balaban J connectivity index is 2.63. The van der Waals surface area contributed by atoms with Crippen molar-refractivity contribution in [1.29, 1.82) is 0 Å². The molecule has 0 unspecified atom stereocenters. The molecule has 0 aliphatic heterocycles. The number of methoxy groups -OCH3 is 1. The van der Waals surface area contributed by atoms with E-state index in [4.69, 9.17) is 14.2 Å². The quantitative estimate of drug-likeness (QED) is 0.256. The zero-order valence-corrected chi connectivity index (χ0v) is 19.7. The van der Waals surface area contributed by atoms with Crippen LogP contribution in [0.5, 0.6) is 17.2 Å². The SMILES string of the molecule is CCCCCCCCOc1ccc(OCCCCCCCC)c(OC)c1NC(C)=O. The lowest BCUT2D eigenvalue weighted by atomic mass is 10.1. The van der Waals surface area contributed by atoms with E-state index in [1.54, 1.807) is 7.11 Å². The smallest absolute Gasteiger partial charge is 0.221 e. The van der Waals surface area contributed by atoms with Crippen molar-refractivity contribution in [3.05, 3.63) is 12.1 Å². The van der Waals surface area contributed by atoms with E-state index in [9.17, 15) is 4.79 Å². The van der Waals surface area contributed by atoms with Crippen LogP contribution in [0, 0.1) is 0 Å². The summed E-state index contributed by atoms with van der Waals surface area (Å²) in [7, 11) is 1.59. The fourth-order valence-corrected chi connectivity index (χ4v) is 3.41. The average Bonchev–Trinajstić information content (AvgIpc) is 2.73. The molecule has 5 nitrogen and oxygen atoms in total. The molecule has 0 aliphatic carbocycles.